The molecule has 1 saturated heterocycles. The monoisotopic (exact) mass is 417 g/mol. The van der Waals surface area contributed by atoms with Crippen molar-refractivity contribution in [3.05, 3.63) is 45.8 Å². The zero-order valence-corrected chi connectivity index (χ0v) is 17.0. The number of rotatable bonds is 4. The summed E-state index contributed by atoms with van der Waals surface area (Å²) in [6.07, 6.45) is 3.25. The van der Waals surface area contributed by atoms with Crippen molar-refractivity contribution in [2.24, 2.45) is 0 Å². The third-order valence-electron chi connectivity index (χ3n) is 5.03. The lowest BCUT2D eigenvalue weighted by molar-refractivity contribution is -0.131. The van der Waals surface area contributed by atoms with E-state index in [0.29, 0.717) is 15.4 Å². The van der Waals surface area contributed by atoms with E-state index in [9.17, 15) is 14.0 Å². The molecule has 3 heterocycles. The van der Waals surface area contributed by atoms with Crippen molar-refractivity contribution < 1.29 is 9.18 Å². The van der Waals surface area contributed by atoms with Crippen LogP contribution in [0.4, 0.5) is 4.39 Å². The summed E-state index contributed by atoms with van der Waals surface area (Å²) in [5, 5.41) is 2.80. The molecule has 1 aliphatic heterocycles. The number of likely N-dealkylation sites (tertiary alicyclic amines) is 1. The van der Waals surface area contributed by atoms with Gasteiger partial charge in [-0.3, -0.25) is 9.59 Å². The van der Waals surface area contributed by atoms with E-state index in [1.54, 1.807) is 12.1 Å². The van der Waals surface area contributed by atoms with Crippen LogP contribution in [-0.4, -0.2) is 39.1 Å². The highest BCUT2D eigenvalue weighted by molar-refractivity contribution is 7.99. The second-order valence-electron chi connectivity index (χ2n) is 6.93. The molecule has 0 radical (unpaired) electrons. The van der Waals surface area contributed by atoms with Crippen LogP contribution in [0.5, 0.6) is 0 Å². The van der Waals surface area contributed by atoms with Gasteiger partial charge in [0.2, 0.25) is 5.91 Å². The molecular formula is C20H20FN3O2S2. The molecule has 1 aromatic carbocycles. The van der Waals surface area contributed by atoms with Gasteiger partial charge in [0.1, 0.15) is 10.6 Å². The van der Waals surface area contributed by atoms with Gasteiger partial charge in [-0.05, 0) is 43.9 Å². The zero-order chi connectivity index (χ0) is 19.7. The molecule has 0 bridgehead atoms. The summed E-state index contributed by atoms with van der Waals surface area (Å²) in [5.74, 6) is 0.0226. The third kappa shape index (κ3) is 3.84. The van der Waals surface area contributed by atoms with Gasteiger partial charge >= 0.3 is 0 Å². The van der Waals surface area contributed by atoms with Crippen LogP contribution >= 0.6 is 23.1 Å². The molecule has 146 valence electrons. The molecule has 28 heavy (non-hydrogen) atoms. The van der Waals surface area contributed by atoms with Crippen LogP contribution in [0.2, 0.25) is 0 Å². The number of halogens is 1. The van der Waals surface area contributed by atoms with Crippen molar-refractivity contribution in [3.8, 4) is 11.1 Å². The van der Waals surface area contributed by atoms with Crippen molar-refractivity contribution in [1.82, 2.24) is 14.9 Å². The number of nitrogens with one attached hydrogen (secondary N) is 1. The predicted octanol–water partition coefficient (Wildman–Crippen LogP) is 4.28. The van der Waals surface area contributed by atoms with Crippen LogP contribution in [0, 0.1) is 5.82 Å². The Morgan fingerprint density at radius 3 is 2.89 bits per heavy atom. The minimum absolute atomic E-state index is 0.0816. The van der Waals surface area contributed by atoms with E-state index in [1.165, 1.54) is 41.7 Å². The quantitative estimate of drug-likeness (QED) is 0.508. The summed E-state index contributed by atoms with van der Waals surface area (Å²) in [5.41, 5.74) is 1.27. The number of thiophene rings is 1. The number of thioether (sulfide) groups is 1. The number of aromatic nitrogens is 2. The Morgan fingerprint density at radius 1 is 1.36 bits per heavy atom. The molecule has 2 aromatic heterocycles. The molecular weight excluding hydrogens is 397 g/mol. The van der Waals surface area contributed by atoms with Gasteiger partial charge in [-0.15, -0.1) is 11.3 Å². The molecule has 0 saturated carbocycles. The van der Waals surface area contributed by atoms with E-state index >= 15 is 0 Å². The number of nitrogens with zero attached hydrogens (tertiary/aromatic N) is 2. The first kappa shape index (κ1) is 19.1. The first-order valence-corrected chi connectivity index (χ1v) is 11.1. The van der Waals surface area contributed by atoms with Gasteiger partial charge in [0.25, 0.3) is 5.56 Å². The maximum atomic E-state index is 13.2. The number of benzene rings is 1. The number of piperidine rings is 1. The van der Waals surface area contributed by atoms with Crippen molar-refractivity contribution in [2.45, 2.75) is 37.4 Å². The van der Waals surface area contributed by atoms with Gasteiger partial charge in [0.05, 0.1) is 11.1 Å². The van der Waals surface area contributed by atoms with Crippen molar-refractivity contribution in [1.29, 1.82) is 0 Å². The van der Waals surface area contributed by atoms with E-state index in [2.05, 4.69) is 16.9 Å². The highest BCUT2D eigenvalue weighted by atomic mass is 32.2. The largest absolute Gasteiger partial charge is 0.339 e. The average Bonchev–Trinajstić information content (AvgIpc) is 3.12. The fourth-order valence-electron chi connectivity index (χ4n) is 3.52. The van der Waals surface area contributed by atoms with E-state index in [4.69, 9.17) is 0 Å². The molecule has 8 heteroatoms. The summed E-state index contributed by atoms with van der Waals surface area (Å²) < 4.78 is 13.2. The molecule has 1 atom stereocenters. The van der Waals surface area contributed by atoms with Gasteiger partial charge in [-0.2, -0.15) is 0 Å². The van der Waals surface area contributed by atoms with Gasteiger partial charge in [0.15, 0.2) is 5.16 Å². The SMILES string of the molecule is C[C@H]1CCCCN1C(=O)CSc1nc2scc(-c3ccc(F)cc3)c2c(=O)[nH]1. The molecule has 1 amide bonds. The highest BCUT2D eigenvalue weighted by Gasteiger charge is 2.23. The van der Waals surface area contributed by atoms with E-state index in [0.717, 1.165) is 30.5 Å². The van der Waals surface area contributed by atoms with Crippen LogP contribution < -0.4 is 5.56 Å². The van der Waals surface area contributed by atoms with Crippen LogP contribution in [0.1, 0.15) is 26.2 Å². The Balaban J connectivity index is 1.54. The lowest BCUT2D eigenvalue weighted by Crippen LogP contribution is -2.43. The third-order valence-corrected chi connectivity index (χ3v) is 6.76. The lowest BCUT2D eigenvalue weighted by atomic mass is 10.0. The highest BCUT2D eigenvalue weighted by Crippen LogP contribution is 2.31. The second-order valence-corrected chi connectivity index (χ2v) is 8.75. The van der Waals surface area contributed by atoms with Gasteiger partial charge in [-0.1, -0.05) is 23.9 Å². The number of fused-ring (bicyclic) bond motifs is 1. The number of H-pyrrole nitrogens is 1. The number of carbonyl (C=O) groups excluding carboxylic acids is 1. The summed E-state index contributed by atoms with van der Waals surface area (Å²) in [6.45, 7) is 2.88. The summed E-state index contributed by atoms with van der Waals surface area (Å²) in [7, 11) is 0. The molecule has 0 spiro atoms. The normalized spacial score (nSPS) is 17.2. The first-order valence-electron chi connectivity index (χ1n) is 9.22. The fraction of sp³-hybridized carbons (Fsp3) is 0.350. The standard InChI is InChI=1S/C20H20FN3O2S2/c1-12-4-2-3-9-24(12)16(25)11-28-20-22-18(26)17-15(10-27-19(17)23-20)13-5-7-14(21)8-6-13/h5-8,10,12H,2-4,9,11H2,1H3,(H,22,23,26)/t12-/m0/s1. The number of hydrogen-bond acceptors (Lipinski definition) is 5. The molecule has 0 aliphatic carbocycles. The van der Waals surface area contributed by atoms with Crippen molar-refractivity contribution in [3.63, 3.8) is 0 Å². The zero-order valence-electron chi connectivity index (χ0n) is 15.4. The van der Waals surface area contributed by atoms with Crippen LogP contribution in [0.3, 0.4) is 0 Å². The number of hydrogen-bond donors (Lipinski definition) is 1. The number of carbonyl (C=O) groups is 1. The Morgan fingerprint density at radius 2 is 2.14 bits per heavy atom. The summed E-state index contributed by atoms with van der Waals surface area (Å²) in [6, 6.07) is 6.32. The van der Waals surface area contributed by atoms with Gasteiger partial charge in [0, 0.05) is 23.5 Å². The van der Waals surface area contributed by atoms with E-state index in [1.807, 2.05) is 10.3 Å². The van der Waals surface area contributed by atoms with E-state index < -0.39 is 0 Å². The van der Waals surface area contributed by atoms with Gasteiger partial charge in [-0.25, -0.2) is 9.37 Å². The Hall–Kier alpha value is -2.19. The molecule has 1 N–H and O–H groups in total. The second kappa shape index (κ2) is 8.05. The Bertz CT molecular complexity index is 1060. The fourth-order valence-corrected chi connectivity index (χ4v) is 5.27. The minimum atomic E-state index is -0.318. The molecule has 1 aliphatic rings. The Labute approximate surface area is 170 Å². The van der Waals surface area contributed by atoms with Crippen molar-refractivity contribution in [2.75, 3.05) is 12.3 Å². The van der Waals surface area contributed by atoms with Crippen LogP contribution in [-0.2, 0) is 4.79 Å². The van der Waals surface area contributed by atoms with Crippen LogP contribution in [0.15, 0.2) is 39.6 Å². The smallest absolute Gasteiger partial charge is 0.260 e. The lowest BCUT2D eigenvalue weighted by Gasteiger charge is -2.33. The summed E-state index contributed by atoms with van der Waals surface area (Å²) in [4.78, 5) is 35.0. The Kier molecular flexibility index (Phi) is 5.50. The molecule has 5 nitrogen and oxygen atoms in total. The minimum Gasteiger partial charge on any atom is -0.339 e. The predicted molar refractivity (Wildman–Crippen MR) is 111 cm³/mol. The molecule has 3 aromatic rings. The maximum absolute atomic E-state index is 13.2. The van der Waals surface area contributed by atoms with Gasteiger partial charge < -0.3 is 9.88 Å². The molecule has 1 fully saturated rings. The topological polar surface area (TPSA) is 66.1 Å². The summed E-state index contributed by atoms with van der Waals surface area (Å²) >= 11 is 2.63. The molecule has 0 unspecified atom stereocenters. The average molecular weight is 418 g/mol. The number of aromatic amines is 1. The maximum Gasteiger partial charge on any atom is 0.260 e. The van der Waals surface area contributed by atoms with Crippen molar-refractivity contribution >= 4 is 39.2 Å². The van der Waals surface area contributed by atoms with Crippen LogP contribution in [0.25, 0.3) is 21.3 Å². The number of amides is 1. The first-order chi connectivity index (χ1) is 13.5. The van der Waals surface area contributed by atoms with E-state index in [-0.39, 0.29) is 29.1 Å². The molecule has 4 rings (SSSR count).